The van der Waals surface area contributed by atoms with E-state index in [2.05, 4.69) is 15.9 Å². The number of benzene rings is 1. The van der Waals surface area contributed by atoms with Crippen molar-refractivity contribution in [3.05, 3.63) is 22.2 Å². The number of phenolic OH excluding ortho intramolecular Hbond substituents is 2. The summed E-state index contributed by atoms with van der Waals surface area (Å²) in [5.74, 6) is -0.986. The minimum absolute atomic E-state index is 0.0969. The van der Waals surface area contributed by atoms with Crippen LogP contribution in [0.15, 0.2) is 16.6 Å². The molecular weight excluding hydrogens is 259 g/mol. The molecule has 0 fully saturated rings. The third-order valence-electron chi connectivity index (χ3n) is 1.49. The van der Waals surface area contributed by atoms with Crippen LogP contribution in [0, 0.1) is 0 Å². The van der Waals surface area contributed by atoms with Gasteiger partial charge in [-0.05, 0) is 22.0 Å². The van der Waals surface area contributed by atoms with Crippen LogP contribution in [-0.4, -0.2) is 21.9 Å². The van der Waals surface area contributed by atoms with Gasteiger partial charge >= 0.3 is 0 Å². The molecule has 70 valence electrons. The molecule has 2 N–H and O–H groups in total. The number of phenols is 2. The molecule has 1 aromatic rings. The molecule has 1 rings (SSSR count). The monoisotopic (exact) mass is 264 g/mol. The third-order valence-corrected chi connectivity index (χ3v) is 2.36. The maximum absolute atomic E-state index is 11.1. The molecule has 0 unspecified atom stereocenters. The summed E-state index contributed by atoms with van der Waals surface area (Å²) in [6, 6.07) is 2.42. The molecule has 0 radical (unpaired) electrons. The van der Waals surface area contributed by atoms with Crippen molar-refractivity contribution in [2.75, 3.05) is 5.88 Å². The molecule has 0 saturated carbocycles. The van der Waals surface area contributed by atoms with Gasteiger partial charge in [-0.2, -0.15) is 0 Å². The Hall–Kier alpha value is -0.740. The van der Waals surface area contributed by atoms with Gasteiger partial charge in [-0.15, -0.1) is 11.6 Å². The Morgan fingerprint density at radius 2 is 2.00 bits per heavy atom. The van der Waals surface area contributed by atoms with E-state index in [-0.39, 0.29) is 28.7 Å². The first-order valence-corrected chi connectivity index (χ1v) is 4.69. The quantitative estimate of drug-likeness (QED) is 0.637. The molecule has 0 aliphatic carbocycles. The largest absolute Gasteiger partial charge is 0.507 e. The number of halogens is 2. The molecule has 3 nitrogen and oxygen atoms in total. The number of ketones is 1. The summed E-state index contributed by atoms with van der Waals surface area (Å²) in [4.78, 5) is 11.1. The normalized spacial score (nSPS) is 10.0. The van der Waals surface area contributed by atoms with Crippen LogP contribution in [0.1, 0.15) is 10.4 Å². The van der Waals surface area contributed by atoms with E-state index in [1.807, 2.05) is 0 Å². The molecule has 1 aromatic carbocycles. The van der Waals surface area contributed by atoms with Crippen molar-refractivity contribution in [2.45, 2.75) is 0 Å². The first-order chi connectivity index (χ1) is 6.06. The maximum atomic E-state index is 11.1. The first kappa shape index (κ1) is 10.3. The van der Waals surface area contributed by atoms with Gasteiger partial charge < -0.3 is 10.2 Å². The highest BCUT2D eigenvalue weighted by Crippen LogP contribution is 2.31. The molecule has 0 amide bonds. The van der Waals surface area contributed by atoms with Gasteiger partial charge in [0.2, 0.25) is 0 Å². The van der Waals surface area contributed by atoms with Gasteiger partial charge in [0.1, 0.15) is 11.5 Å². The smallest absolute Gasteiger partial charge is 0.181 e. The first-order valence-electron chi connectivity index (χ1n) is 3.37. The number of carbonyl (C=O) groups excluding carboxylic acids is 1. The van der Waals surface area contributed by atoms with Crippen molar-refractivity contribution in [1.82, 2.24) is 0 Å². The number of aromatic hydroxyl groups is 2. The van der Waals surface area contributed by atoms with E-state index in [1.54, 1.807) is 0 Å². The van der Waals surface area contributed by atoms with Crippen molar-refractivity contribution in [3.8, 4) is 11.5 Å². The molecule has 13 heavy (non-hydrogen) atoms. The molecule has 0 heterocycles. The number of carbonyl (C=O) groups is 1. The van der Waals surface area contributed by atoms with Crippen LogP contribution in [0.25, 0.3) is 0 Å². The molecule has 5 heteroatoms. The van der Waals surface area contributed by atoms with E-state index in [4.69, 9.17) is 16.7 Å². The average molecular weight is 265 g/mol. The fourth-order valence-electron chi connectivity index (χ4n) is 0.846. The van der Waals surface area contributed by atoms with Crippen molar-refractivity contribution in [2.24, 2.45) is 0 Å². The highest BCUT2D eigenvalue weighted by Gasteiger charge is 2.12. The van der Waals surface area contributed by atoms with Crippen molar-refractivity contribution < 1.29 is 15.0 Å². The summed E-state index contributed by atoms with van der Waals surface area (Å²) < 4.78 is 0.346. The minimum atomic E-state index is -0.389. The lowest BCUT2D eigenvalue weighted by atomic mass is 10.1. The van der Waals surface area contributed by atoms with E-state index >= 15 is 0 Å². The SMILES string of the molecule is O=C(CCl)c1cc(Br)c(O)cc1O. The fourth-order valence-corrected chi connectivity index (χ4v) is 1.33. The van der Waals surface area contributed by atoms with Gasteiger partial charge in [-0.25, -0.2) is 0 Å². The zero-order valence-corrected chi connectivity index (χ0v) is 8.76. The Labute approximate surface area is 88.1 Å². The number of Topliss-reactive ketones (excluding diaryl/α,β-unsaturated/α-hetero) is 1. The third kappa shape index (κ3) is 2.14. The van der Waals surface area contributed by atoms with Crippen molar-refractivity contribution in [3.63, 3.8) is 0 Å². The van der Waals surface area contributed by atoms with Gasteiger partial charge in [0.25, 0.3) is 0 Å². The summed E-state index contributed by atoms with van der Waals surface area (Å²) in [6.07, 6.45) is 0. The summed E-state index contributed by atoms with van der Waals surface area (Å²) in [5, 5.41) is 18.4. The summed E-state index contributed by atoms with van der Waals surface area (Å²) >= 11 is 8.33. The molecule has 0 spiro atoms. The van der Waals surface area contributed by atoms with Gasteiger partial charge in [0.05, 0.1) is 15.9 Å². The Kier molecular flexibility index (Phi) is 3.17. The Bertz CT molecular complexity index is 351. The second-order valence-corrected chi connectivity index (χ2v) is 3.50. The Morgan fingerprint density at radius 3 is 2.54 bits per heavy atom. The van der Waals surface area contributed by atoms with Crippen LogP contribution >= 0.6 is 27.5 Å². The van der Waals surface area contributed by atoms with Gasteiger partial charge in [0, 0.05) is 6.07 Å². The molecule has 0 aliphatic heterocycles. The van der Waals surface area contributed by atoms with Crippen LogP contribution in [0.3, 0.4) is 0 Å². The minimum Gasteiger partial charge on any atom is -0.507 e. The zero-order valence-electron chi connectivity index (χ0n) is 6.42. The van der Waals surface area contributed by atoms with Crippen LogP contribution in [0.4, 0.5) is 0 Å². The average Bonchev–Trinajstić information content (AvgIpc) is 2.10. The second kappa shape index (κ2) is 3.98. The van der Waals surface area contributed by atoms with E-state index in [0.717, 1.165) is 6.07 Å². The van der Waals surface area contributed by atoms with Crippen LogP contribution in [-0.2, 0) is 0 Å². The highest BCUT2D eigenvalue weighted by molar-refractivity contribution is 9.10. The zero-order chi connectivity index (χ0) is 10.0. The Balaban J connectivity index is 3.23. The lowest BCUT2D eigenvalue weighted by Crippen LogP contribution is -2.00. The van der Waals surface area contributed by atoms with Crippen LogP contribution < -0.4 is 0 Å². The molecule has 0 saturated heterocycles. The molecule has 0 aromatic heterocycles. The number of rotatable bonds is 2. The number of alkyl halides is 1. The molecule has 0 atom stereocenters. The fraction of sp³-hybridized carbons (Fsp3) is 0.125. The topological polar surface area (TPSA) is 57.5 Å². The number of hydrogen-bond donors (Lipinski definition) is 2. The van der Waals surface area contributed by atoms with Gasteiger partial charge in [-0.3, -0.25) is 4.79 Å². The maximum Gasteiger partial charge on any atom is 0.181 e. The Morgan fingerprint density at radius 1 is 1.38 bits per heavy atom. The van der Waals surface area contributed by atoms with Crippen LogP contribution in [0.5, 0.6) is 11.5 Å². The summed E-state index contributed by atoms with van der Waals surface area (Å²) in [5.41, 5.74) is 0.0969. The van der Waals surface area contributed by atoms with Crippen molar-refractivity contribution in [1.29, 1.82) is 0 Å². The second-order valence-electron chi connectivity index (χ2n) is 2.38. The molecule has 0 bridgehead atoms. The predicted molar refractivity (Wildman–Crippen MR) is 52.5 cm³/mol. The lowest BCUT2D eigenvalue weighted by Gasteiger charge is -2.03. The van der Waals surface area contributed by atoms with E-state index in [9.17, 15) is 9.90 Å². The summed E-state index contributed by atoms with van der Waals surface area (Å²) in [6.45, 7) is 0. The highest BCUT2D eigenvalue weighted by atomic mass is 79.9. The van der Waals surface area contributed by atoms with E-state index in [1.165, 1.54) is 6.07 Å². The molecular formula is C8H6BrClO3. The van der Waals surface area contributed by atoms with Crippen molar-refractivity contribution >= 4 is 33.3 Å². The lowest BCUT2D eigenvalue weighted by molar-refractivity contribution is 0.101. The molecule has 0 aliphatic rings. The standard InChI is InChI=1S/C8H6BrClO3/c9-5-1-4(8(13)3-10)6(11)2-7(5)12/h1-2,11-12H,3H2. The van der Waals surface area contributed by atoms with E-state index in [0.29, 0.717) is 4.47 Å². The van der Waals surface area contributed by atoms with Gasteiger partial charge in [0.15, 0.2) is 5.78 Å². The predicted octanol–water partition coefficient (Wildman–Crippen LogP) is 2.28. The summed E-state index contributed by atoms with van der Waals surface area (Å²) in [7, 11) is 0. The van der Waals surface area contributed by atoms with E-state index < -0.39 is 0 Å². The van der Waals surface area contributed by atoms with Gasteiger partial charge in [-0.1, -0.05) is 0 Å². The number of hydrogen-bond acceptors (Lipinski definition) is 3. The van der Waals surface area contributed by atoms with Crippen LogP contribution in [0.2, 0.25) is 0 Å².